The molecule has 4 rings (SSSR count). The van der Waals surface area contributed by atoms with Crippen LogP contribution in [0.25, 0.3) is 0 Å². The van der Waals surface area contributed by atoms with E-state index in [0.717, 1.165) is 18.4 Å². The van der Waals surface area contributed by atoms with Crippen LogP contribution in [-0.4, -0.2) is 25.3 Å². The van der Waals surface area contributed by atoms with E-state index in [0.29, 0.717) is 29.2 Å². The highest BCUT2D eigenvalue weighted by Gasteiger charge is 2.49. The summed E-state index contributed by atoms with van der Waals surface area (Å²) in [6, 6.07) is 7.53. The normalized spacial score (nSPS) is 31.2. The van der Waals surface area contributed by atoms with Gasteiger partial charge >= 0.3 is 0 Å². The van der Waals surface area contributed by atoms with E-state index >= 15 is 0 Å². The lowest BCUT2D eigenvalue weighted by atomic mass is 9.74. The third kappa shape index (κ3) is 3.19. The van der Waals surface area contributed by atoms with E-state index in [1.54, 1.807) is 12.1 Å². The Bertz CT molecular complexity index is 732. The molecular formula is C21H29NO2S. The molecule has 0 amide bonds. The van der Waals surface area contributed by atoms with Gasteiger partial charge in [-0.15, -0.1) is 0 Å². The minimum Gasteiger partial charge on any atom is -0.207 e. The third-order valence-corrected chi connectivity index (χ3v) is 8.39. The second-order valence-electron chi connectivity index (χ2n) is 8.12. The van der Waals surface area contributed by atoms with Gasteiger partial charge in [0.25, 0.3) is 0 Å². The zero-order valence-corrected chi connectivity index (χ0v) is 15.9. The van der Waals surface area contributed by atoms with Crippen LogP contribution >= 0.6 is 0 Å². The molecule has 1 aromatic rings. The number of hydrogen-bond donors (Lipinski definition) is 0. The number of nitrogens with zero attached hydrogens (tertiary/aromatic N) is 1. The summed E-state index contributed by atoms with van der Waals surface area (Å²) >= 11 is 0. The van der Waals surface area contributed by atoms with Crippen molar-refractivity contribution in [1.29, 1.82) is 0 Å². The first kappa shape index (κ1) is 17.3. The lowest BCUT2D eigenvalue weighted by Crippen LogP contribution is -2.43. The summed E-state index contributed by atoms with van der Waals surface area (Å²) in [7, 11) is -3.41. The maximum absolute atomic E-state index is 13.4. The number of allylic oxidation sites excluding steroid dienone is 1. The van der Waals surface area contributed by atoms with Crippen LogP contribution in [0.3, 0.4) is 0 Å². The van der Waals surface area contributed by atoms with Gasteiger partial charge in [-0.25, -0.2) is 8.42 Å². The Morgan fingerprint density at radius 1 is 0.960 bits per heavy atom. The Labute approximate surface area is 152 Å². The van der Waals surface area contributed by atoms with Crippen molar-refractivity contribution in [3.63, 3.8) is 0 Å². The third-order valence-electron chi connectivity index (χ3n) is 6.51. The summed E-state index contributed by atoms with van der Waals surface area (Å²) in [4.78, 5) is 0.460. The molecular weight excluding hydrogens is 330 g/mol. The van der Waals surface area contributed by atoms with Crippen LogP contribution in [-0.2, 0) is 10.0 Å². The molecule has 2 fully saturated rings. The van der Waals surface area contributed by atoms with Crippen molar-refractivity contribution in [3.05, 3.63) is 42.0 Å². The maximum atomic E-state index is 13.4. The highest BCUT2D eigenvalue weighted by molar-refractivity contribution is 7.89. The molecule has 0 bridgehead atoms. The molecule has 1 heterocycles. The van der Waals surface area contributed by atoms with Gasteiger partial charge in [0.1, 0.15) is 0 Å². The molecule has 0 N–H and O–H groups in total. The SMILES string of the molecule is Cc1ccc(S(=O)(=O)N2C[C@@H]3CCC=C[C@@H]3[C@H]2C2CCCCC2)cc1. The molecule has 2 aliphatic carbocycles. The first-order valence-electron chi connectivity index (χ1n) is 9.82. The Morgan fingerprint density at radius 2 is 1.68 bits per heavy atom. The average Bonchev–Trinajstić information content (AvgIpc) is 3.03. The van der Waals surface area contributed by atoms with E-state index in [9.17, 15) is 8.42 Å². The fourth-order valence-electron chi connectivity index (χ4n) is 5.19. The second-order valence-corrected chi connectivity index (χ2v) is 10.0. The zero-order valence-electron chi connectivity index (χ0n) is 15.1. The van der Waals surface area contributed by atoms with E-state index in [1.807, 2.05) is 23.4 Å². The number of fused-ring (bicyclic) bond motifs is 1. The van der Waals surface area contributed by atoms with Crippen molar-refractivity contribution in [2.45, 2.75) is 62.8 Å². The number of sulfonamides is 1. The van der Waals surface area contributed by atoms with Crippen LogP contribution in [0.1, 0.15) is 50.5 Å². The van der Waals surface area contributed by atoms with Crippen molar-refractivity contribution in [2.24, 2.45) is 17.8 Å². The first-order valence-corrected chi connectivity index (χ1v) is 11.3. The zero-order chi connectivity index (χ0) is 17.4. The molecule has 1 saturated carbocycles. The first-order chi connectivity index (χ1) is 12.1. The summed E-state index contributed by atoms with van der Waals surface area (Å²) in [5, 5.41) is 0. The summed E-state index contributed by atoms with van der Waals surface area (Å²) in [5.74, 6) is 1.43. The summed E-state index contributed by atoms with van der Waals surface area (Å²) in [6.45, 7) is 2.70. The molecule has 3 atom stereocenters. The van der Waals surface area contributed by atoms with Gasteiger partial charge < -0.3 is 0 Å². The molecule has 0 spiro atoms. The van der Waals surface area contributed by atoms with Gasteiger partial charge in [-0.1, -0.05) is 49.1 Å². The van der Waals surface area contributed by atoms with E-state index in [4.69, 9.17) is 0 Å². The van der Waals surface area contributed by atoms with Gasteiger partial charge in [-0.3, -0.25) is 0 Å². The molecule has 4 heteroatoms. The van der Waals surface area contributed by atoms with Crippen molar-refractivity contribution in [2.75, 3.05) is 6.54 Å². The van der Waals surface area contributed by atoms with Crippen LogP contribution in [0.4, 0.5) is 0 Å². The highest BCUT2D eigenvalue weighted by atomic mass is 32.2. The van der Waals surface area contributed by atoms with Gasteiger partial charge in [-0.2, -0.15) is 4.31 Å². The summed E-state index contributed by atoms with van der Waals surface area (Å²) in [6.07, 6.45) is 13.0. The van der Waals surface area contributed by atoms with Gasteiger partial charge in [0.2, 0.25) is 10.0 Å². The van der Waals surface area contributed by atoms with E-state index in [1.165, 1.54) is 32.1 Å². The van der Waals surface area contributed by atoms with E-state index in [-0.39, 0.29) is 6.04 Å². The minimum absolute atomic E-state index is 0.160. The molecule has 3 aliphatic rings. The fourth-order valence-corrected chi connectivity index (χ4v) is 6.96. The average molecular weight is 360 g/mol. The van der Waals surface area contributed by atoms with Gasteiger partial charge in [0.05, 0.1) is 4.90 Å². The van der Waals surface area contributed by atoms with Crippen molar-refractivity contribution >= 4 is 10.0 Å². The molecule has 0 radical (unpaired) electrons. The largest absolute Gasteiger partial charge is 0.243 e. The second kappa shape index (κ2) is 6.88. The van der Waals surface area contributed by atoms with Gasteiger partial charge in [-0.05, 0) is 62.5 Å². The lowest BCUT2D eigenvalue weighted by molar-refractivity contribution is 0.201. The highest BCUT2D eigenvalue weighted by Crippen LogP contribution is 2.46. The molecule has 1 aromatic carbocycles. The van der Waals surface area contributed by atoms with Crippen molar-refractivity contribution < 1.29 is 8.42 Å². The Hall–Kier alpha value is -1.13. The standard InChI is InChI=1S/C21H29NO2S/c1-16-11-13-19(14-12-16)25(23,24)22-15-18-9-5-6-10-20(18)21(22)17-7-3-2-4-8-17/h6,10-14,17-18,20-21H,2-5,7-9,15H2,1H3/t18-,20-,21+/m0/s1. The molecule has 0 aromatic heterocycles. The minimum atomic E-state index is -3.41. The summed E-state index contributed by atoms with van der Waals surface area (Å²) < 4.78 is 28.8. The molecule has 3 nitrogen and oxygen atoms in total. The lowest BCUT2D eigenvalue weighted by Gasteiger charge is -2.36. The number of aryl methyl sites for hydroxylation is 1. The monoisotopic (exact) mass is 359 g/mol. The quantitative estimate of drug-likeness (QED) is 0.744. The maximum Gasteiger partial charge on any atom is 0.243 e. The molecule has 1 saturated heterocycles. The predicted molar refractivity (Wildman–Crippen MR) is 101 cm³/mol. The Morgan fingerprint density at radius 3 is 2.40 bits per heavy atom. The van der Waals surface area contributed by atoms with Crippen LogP contribution in [0.15, 0.2) is 41.3 Å². The van der Waals surface area contributed by atoms with Crippen LogP contribution in [0.5, 0.6) is 0 Å². The molecule has 0 unspecified atom stereocenters. The molecule has 1 aliphatic heterocycles. The van der Waals surface area contributed by atoms with Crippen molar-refractivity contribution in [3.8, 4) is 0 Å². The Kier molecular flexibility index (Phi) is 4.76. The fraction of sp³-hybridized carbons (Fsp3) is 0.619. The van der Waals surface area contributed by atoms with Gasteiger partial charge in [0, 0.05) is 12.6 Å². The van der Waals surface area contributed by atoms with Gasteiger partial charge in [0.15, 0.2) is 0 Å². The van der Waals surface area contributed by atoms with E-state index in [2.05, 4.69) is 12.2 Å². The van der Waals surface area contributed by atoms with E-state index < -0.39 is 10.0 Å². The summed E-state index contributed by atoms with van der Waals surface area (Å²) in [5.41, 5.74) is 1.10. The van der Waals surface area contributed by atoms with Crippen LogP contribution < -0.4 is 0 Å². The number of rotatable bonds is 3. The topological polar surface area (TPSA) is 37.4 Å². The van der Waals surface area contributed by atoms with Crippen LogP contribution in [0.2, 0.25) is 0 Å². The molecule has 25 heavy (non-hydrogen) atoms. The number of benzene rings is 1. The Balaban J connectivity index is 1.70. The molecule has 136 valence electrons. The smallest absolute Gasteiger partial charge is 0.207 e. The predicted octanol–water partition coefficient (Wildman–Crippen LogP) is 4.53. The van der Waals surface area contributed by atoms with Crippen LogP contribution in [0, 0.1) is 24.7 Å². The number of hydrogen-bond acceptors (Lipinski definition) is 2. The van der Waals surface area contributed by atoms with Crippen molar-refractivity contribution in [1.82, 2.24) is 4.31 Å².